The van der Waals surface area contributed by atoms with Crippen LogP contribution in [0.1, 0.15) is 36.0 Å². The van der Waals surface area contributed by atoms with E-state index in [9.17, 15) is 4.79 Å². The summed E-state index contributed by atoms with van der Waals surface area (Å²) in [6.45, 7) is 0. The first-order chi connectivity index (χ1) is 9.06. The van der Waals surface area contributed by atoms with Gasteiger partial charge in [-0.2, -0.15) is 0 Å². The van der Waals surface area contributed by atoms with E-state index < -0.39 is 0 Å². The highest BCUT2D eigenvalue weighted by molar-refractivity contribution is 9.10. The Morgan fingerprint density at radius 2 is 1.89 bits per heavy atom. The van der Waals surface area contributed by atoms with Crippen LogP contribution in [0.25, 0.3) is 0 Å². The zero-order chi connectivity index (χ0) is 13.6. The van der Waals surface area contributed by atoms with E-state index in [-0.39, 0.29) is 11.3 Å². The predicted octanol–water partition coefficient (Wildman–Crippen LogP) is 4.48. The van der Waals surface area contributed by atoms with E-state index in [1.807, 2.05) is 4.90 Å². The third kappa shape index (κ3) is 2.53. The van der Waals surface area contributed by atoms with E-state index in [1.54, 1.807) is 18.2 Å². The topological polar surface area (TPSA) is 20.3 Å². The summed E-state index contributed by atoms with van der Waals surface area (Å²) in [5.41, 5.74) is 0.689. The first-order valence-corrected chi connectivity index (χ1v) is 8.09. The number of carbonyl (C=O) groups is 1. The lowest BCUT2D eigenvalue weighted by molar-refractivity contribution is 0.0598. The number of rotatable bonds is 1. The standard InChI is InChI=1S/C14H14BrCl2NO/c15-13-7-8(16)1-4-12(13)14(19)18-10-2-3-11(18)6-9(17)5-10/h1,4,7,9-11H,2-3,5-6H2. The van der Waals surface area contributed by atoms with E-state index in [2.05, 4.69) is 15.9 Å². The Morgan fingerprint density at radius 1 is 1.26 bits per heavy atom. The molecule has 2 saturated heterocycles. The van der Waals surface area contributed by atoms with Crippen molar-refractivity contribution < 1.29 is 4.79 Å². The van der Waals surface area contributed by atoms with Gasteiger partial charge in [-0.15, -0.1) is 11.6 Å². The Kier molecular flexibility index (Phi) is 3.80. The van der Waals surface area contributed by atoms with Crippen LogP contribution in [0.4, 0.5) is 0 Å². The van der Waals surface area contributed by atoms with Gasteiger partial charge in [-0.25, -0.2) is 0 Å². The minimum Gasteiger partial charge on any atom is -0.333 e. The Bertz CT molecular complexity index is 508. The minimum absolute atomic E-state index is 0.0969. The summed E-state index contributed by atoms with van der Waals surface area (Å²) in [6.07, 6.45) is 3.97. The SMILES string of the molecule is O=C(c1ccc(Cl)cc1Br)N1C2CCC1CC(Cl)C2. The highest BCUT2D eigenvalue weighted by Gasteiger charge is 2.43. The van der Waals surface area contributed by atoms with Gasteiger partial charge in [0, 0.05) is 27.0 Å². The van der Waals surface area contributed by atoms with Crippen LogP contribution in [0.2, 0.25) is 5.02 Å². The van der Waals surface area contributed by atoms with Gasteiger partial charge in [0.2, 0.25) is 0 Å². The smallest absolute Gasteiger partial charge is 0.255 e. The maximum Gasteiger partial charge on any atom is 0.255 e. The number of hydrogen-bond donors (Lipinski definition) is 0. The lowest BCUT2D eigenvalue weighted by Crippen LogP contribution is -2.47. The highest BCUT2D eigenvalue weighted by Crippen LogP contribution is 2.39. The molecule has 1 amide bonds. The molecule has 2 unspecified atom stereocenters. The van der Waals surface area contributed by atoms with Crippen molar-refractivity contribution in [1.29, 1.82) is 0 Å². The van der Waals surface area contributed by atoms with Crippen LogP contribution in [0.5, 0.6) is 0 Å². The molecule has 2 bridgehead atoms. The third-order valence-electron chi connectivity index (χ3n) is 4.07. The van der Waals surface area contributed by atoms with Crippen LogP contribution in [-0.4, -0.2) is 28.3 Å². The minimum atomic E-state index is 0.0969. The molecule has 2 nitrogen and oxygen atoms in total. The zero-order valence-corrected chi connectivity index (χ0v) is 13.4. The van der Waals surface area contributed by atoms with E-state index in [0.29, 0.717) is 22.7 Å². The summed E-state index contributed by atoms with van der Waals surface area (Å²) in [7, 11) is 0. The van der Waals surface area contributed by atoms with E-state index >= 15 is 0 Å². The molecule has 5 heteroatoms. The summed E-state index contributed by atoms with van der Waals surface area (Å²) < 4.78 is 0.761. The number of nitrogens with zero attached hydrogens (tertiary/aromatic N) is 1. The van der Waals surface area contributed by atoms with Crippen molar-refractivity contribution >= 4 is 45.0 Å². The second kappa shape index (κ2) is 5.27. The van der Waals surface area contributed by atoms with Gasteiger partial charge in [0.15, 0.2) is 0 Å². The molecular weight excluding hydrogens is 349 g/mol. The molecule has 2 aliphatic rings. The van der Waals surface area contributed by atoms with Gasteiger partial charge < -0.3 is 4.90 Å². The van der Waals surface area contributed by atoms with Gasteiger partial charge >= 0.3 is 0 Å². The maximum absolute atomic E-state index is 12.7. The van der Waals surface area contributed by atoms with Crippen LogP contribution in [0.3, 0.4) is 0 Å². The summed E-state index contributed by atoms with van der Waals surface area (Å²) >= 11 is 15.6. The number of hydrogen-bond acceptors (Lipinski definition) is 1. The molecule has 19 heavy (non-hydrogen) atoms. The quantitative estimate of drug-likeness (QED) is 0.674. The monoisotopic (exact) mass is 361 g/mol. The molecule has 0 radical (unpaired) electrons. The number of halogens is 3. The van der Waals surface area contributed by atoms with Crippen molar-refractivity contribution in [3.8, 4) is 0 Å². The van der Waals surface area contributed by atoms with Crippen molar-refractivity contribution in [3.05, 3.63) is 33.3 Å². The van der Waals surface area contributed by atoms with Crippen molar-refractivity contribution in [3.63, 3.8) is 0 Å². The summed E-state index contributed by atoms with van der Waals surface area (Å²) in [5, 5.41) is 0.848. The van der Waals surface area contributed by atoms with E-state index in [4.69, 9.17) is 23.2 Å². The molecule has 2 aliphatic heterocycles. The van der Waals surface area contributed by atoms with Gasteiger partial charge in [0.1, 0.15) is 0 Å². The summed E-state index contributed by atoms with van der Waals surface area (Å²) in [5.74, 6) is 0.0969. The van der Waals surface area contributed by atoms with Crippen molar-refractivity contribution in [2.24, 2.45) is 0 Å². The fraction of sp³-hybridized carbons (Fsp3) is 0.500. The lowest BCUT2D eigenvalue weighted by Gasteiger charge is -2.37. The van der Waals surface area contributed by atoms with E-state index in [0.717, 1.165) is 30.2 Å². The first kappa shape index (κ1) is 13.7. The number of benzene rings is 1. The van der Waals surface area contributed by atoms with Crippen LogP contribution in [-0.2, 0) is 0 Å². The van der Waals surface area contributed by atoms with Crippen molar-refractivity contribution in [2.45, 2.75) is 43.1 Å². The number of fused-ring (bicyclic) bond motifs is 2. The molecule has 1 aromatic carbocycles. The molecule has 2 fully saturated rings. The lowest BCUT2D eigenvalue weighted by atomic mass is 10.0. The normalized spacial score (nSPS) is 29.6. The molecule has 102 valence electrons. The molecule has 1 aromatic rings. The Morgan fingerprint density at radius 3 is 2.47 bits per heavy atom. The molecule has 3 rings (SSSR count). The van der Waals surface area contributed by atoms with E-state index in [1.165, 1.54) is 0 Å². The Hall–Kier alpha value is -0.250. The maximum atomic E-state index is 12.7. The zero-order valence-electron chi connectivity index (χ0n) is 10.3. The third-order valence-corrected chi connectivity index (χ3v) is 5.32. The van der Waals surface area contributed by atoms with Gasteiger partial charge in [0.25, 0.3) is 5.91 Å². The van der Waals surface area contributed by atoms with Gasteiger partial charge in [-0.1, -0.05) is 11.6 Å². The summed E-state index contributed by atoms with van der Waals surface area (Å²) in [4.78, 5) is 14.7. The average molecular weight is 363 g/mol. The fourth-order valence-electron chi connectivity index (χ4n) is 3.24. The Balaban J connectivity index is 1.88. The molecule has 0 saturated carbocycles. The van der Waals surface area contributed by atoms with Gasteiger partial charge in [-0.05, 0) is 59.8 Å². The van der Waals surface area contributed by atoms with Crippen LogP contribution in [0, 0.1) is 0 Å². The molecule has 2 heterocycles. The molecule has 0 aromatic heterocycles. The Labute approximate surface area is 131 Å². The second-order valence-electron chi connectivity index (χ2n) is 5.29. The number of carbonyl (C=O) groups excluding carboxylic acids is 1. The van der Waals surface area contributed by atoms with Gasteiger partial charge in [0.05, 0.1) is 5.56 Å². The largest absolute Gasteiger partial charge is 0.333 e. The number of alkyl halides is 1. The molecular formula is C14H14BrCl2NO. The summed E-state index contributed by atoms with van der Waals surface area (Å²) in [6, 6.07) is 5.93. The number of amides is 1. The second-order valence-corrected chi connectivity index (χ2v) is 7.20. The molecule has 0 spiro atoms. The predicted molar refractivity (Wildman–Crippen MR) is 81.0 cm³/mol. The van der Waals surface area contributed by atoms with Gasteiger partial charge in [-0.3, -0.25) is 4.79 Å². The molecule has 0 N–H and O–H groups in total. The fourth-order valence-corrected chi connectivity index (χ4v) is 4.51. The van der Waals surface area contributed by atoms with Crippen LogP contribution in [0.15, 0.2) is 22.7 Å². The molecule has 0 aliphatic carbocycles. The first-order valence-electron chi connectivity index (χ1n) is 6.48. The van der Waals surface area contributed by atoms with Crippen molar-refractivity contribution in [2.75, 3.05) is 0 Å². The van der Waals surface area contributed by atoms with Crippen LogP contribution >= 0.6 is 39.1 Å². The molecule has 2 atom stereocenters. The highest BCUT2D eigenvalue weighted by atomic mass is 79.9. The number of piperidine rings is 1. The van der Waals surface area contributed by atoms with Crippen molar-refractivity contribution in [1.82, 2.24) is 4.90 Å². The average Bonchev–Trinajstić information content (AvgIpc) is 2.61. The van der Waals surface area contributed by atoms with Crippen LogP contribution < -0.4 is 0 Å².